The van der Waals surface area contributed by atoms with E-state index in [2.05, 4.69) is 22.9 Å². The lowest BCUT2D eigenvalue weighted by molar-refractivity contribution is 0.494. The Hall–Kier alpha value is -0.480. The monoisotopic (exact) mass is 305 g/mol. The van der Waals surface area contributed by atoms with E-state index in [1.54, 1.807) is 0 Å². The second kappa shape index (κ2) is 7.07. The maximum Gasteiger partial charge on any atom is 0.132 e. The Balaban J connectivity index is 2.65. The van der Waals surface area contributed by atoms with Crippen molar-refractivity contribution in [1.29, 1.82) is 0 Å². The molecule has 0 aliphatic rings. The average molecular weight is 306 g/mol. The van der Waals surface area contributed by atoms with Gasteiger partial charge in [0.15, 0.2) is 0 Å². The van der Waals surface area contributed by atoms with E-state index in [4.69, 9.17) is 5.73 Å². The average Bonchev–Trinajstić information content (AvgIpc) is 2.23. The van der Waals surface area contributed by atoms with Crippen molar-refractivity contribution in [3.63, 3.8) is 0 Å². The number of hydrogen-bond acceptors (Lipinski definition) is 1. The van der Waals surface area contributed by atoms with Gasteiger partial charge in [0, 0.05) is 16.1 Å². The van der Waals surface area contributed by atoms with Crippen molar-refractivity contribution < 1.29 is 8.78 Å². The van der Waals surface area contributed by atoms with Gasteiger partial charge < -0.3 is 5.73 Å². The largest absolute Gasteiger partial charge is 0.324 e. The van der Waals surface area contributed by atoms with Crippen LogP contribution in [0.3, 0.4) is 0 Å². The SMILES string of the molecule is CCCCCCC(N)c1c(F)cc(Br)cc1F. The van der Waals surface area contributed by atoms with Crippen LogP contribution in [0.5, 0.6) is 0 Å². The highest BCUT2D eigenvalue weighted by atomic mass is 79.9. The standard InChI is InChI=1S/C13H18BrF2N/c1-2-3-4-5-6-12(17)13-10(15)7-9(14)8-11(13)16/h7-8,12H,2-6,17H2,1H3. The lowest BCUT2D eigenvalue weighted by Crippen LogP contribution is -2.14. The predicted octanol–water partition coefficient (Wildman–Crippen LogP) is 4.70. The number of hydrogen-bond donors (Lipinski definition) is 1. The first-order valence-corrected chi connectivity index (χ1v) is 6.75. The Bertz CT molecular complexity index is 345. The molecule has 0 spiro atoms. The minimum atomic E-state index is -0.570. The normalized spacial score (nSPS) is 12.8. The zero-order chi connectivity index (χ0) is 12.8. The summed E-state index contributed by atoms with van der Waals surface area (Å²) in [6.07, 6.45) is 4.86. The van der Waals surface area contributed by atoms with E-state index in [-0.39, 0.29) is 5.56 Å². The van der Waals surface area contributed by atoms with E-state index in [0.29, 0.717) is 10.9 Å². The molecule has 1 atom stereocenters. The second-order valence-corrected chi connectivity index (χ2v) is 5.15. The minimum Gasteiger partial charge on any atom is -0.324 e. The van der Waals surface area contributed by atoms with Crippen molar-refractivity contribution in [1.82, 2.24) is 0 Å². The van der Waals surface area contributed by atoms with Gasteiger partial charge in [-0.15, -0.1) is 0 Å². The number of benzene rings is 1. The molecule has 1 aromatic carbocycles. The third-order valence-electron chi connectivity index (χ3n) is 2.78. The topological polar surface area (TPSA) is 26.0 Å². The molecule has 1 unspecified atom stereocenters. The second-order valence-electron chi connectivity index (χ2n) is 4.24. The Morgan fingerprint density at radius 1 is 1.18 bits per heavy atom. The van der Waals surface area contributed by atoms with Crippen molar-refractivity contribution >= 4 is 15.9 Å². The van der Waals surface area contributed by atoms with Crippen molar-refractivity contribution in [2.24, 2.45) is 5.73 Å². The molecule has 1 nitrogen and oxygen atoms in total. The molecule has 2 N–H and O–H groups in total. The molecule has 0 aliphatic heterocycles. The van der Waals surface area contributed by atoms with Gasteiger partial charge in [0.05, 0.1) is 0 Å². The van der Waals surface area contributed by atoms with Gasteiger partial charge in [-0.1, -0.05) is 48.5 Å². The van der Waals surface area contributed by atoms with E-state index in [9.17, 15) is 8.78 Å². The minimum absolute atomic E-state index is 0.00435. The Labute approximate surface area is 110 Å². The smallest absolute Gasteiger partial charge is 0.132 e. The highest BCUT2D eigenvalue weighted by molar-refractivity contribution is 9.10. The summed E-state index contributed by atoms with van der Waals surface area (Å²) < 4.78 is 27.6. The van der Waals surface area contributed by atoms with E-state index >= 15 is 0 Å². The molecule has 96 valence electrons. The van der Waals surface area contributed by atoms with Crippen LogP contribution in [0.25, 0.3) is 0 Å². The Morgan fingerprint density at radius 3 is 2.29 bits per heavy atom. The van der Waals surface area contributed by atoms with Crippen LogP contribution in [0.4, 0.5) is 8.78 Å². The molecular weight excluding hydrogens is 288 g/mol. The van der Waals surface area contributed by atoms with Gasteiger partial charge >= 0.3 is 0 Å². The van der Waals surface area contributed by atoms with Crippen LogP contribution in [0.2, 0.25) is 0 Å². The summed E-state index contributed by atoms with van der Waals surface area (Å²) in [7, 11) is 0. The zero-order valence-corrected chi connectivity index (χ0v) is 11.6. The fraction of sp³-hybridized carbons (Fsp3) is 0.538. The van der Waals surface area contributed by atoms with E-state index in [1.807, 2.05) is 0 Å². The molecule has 0 aromatic heterocycles. The number of rotatable bonds is 6. The van der Waals surface area contributed by atoms with Crippen molar-refractivity contribution in [3.05, 3.63) is 33.8 Å². The molecular formula is C13H18BrF2N. The van der Waals surface area contributed by atoms with Gasteiger partial charge in [0.25, 0.3) is 0 Å². The van der Waals surface area contributed by atoms with E-state index < -0.39 is 17.7 Å². The maximum absolute atomic E-state index is 13.6. The highest BCUT2D eigenvalue weighted by Gasteiger charge is 2.17. The quantitative estimate of drug-likeness (QED) is 0.758. The summed E-state index contributed by atoms with van der Waals surface area (Å²) in [5.74, 6) is -1.14. The Kier molecular flexibility index (Phi) is 6.06. The molecule has 1 rings (SSSR count). The lowest BCUT2D eigenvalue weighted by atomic mass is 10.00. The highest BCUT2D eigenvalue weighted by Crippen LogP contribution is 2.26. The molecule has 0 fully saturated rings. The summed E-state index contributed by atoms with van der Waals surface area (Å²) in [5.41, 5.74) is 5.84. The molecule has 4 heteroatoms. The third-order valence-corrected chi connectivity index (χ3v) is 3.24. The van der Waals surface area contributed by atoms with Gasteiger partial charge in [0.1, 0.15) is 11.6 Å². The van der Waals surface area contributed by atoms with Crippen LogP contribution in [0.15, 0.2) is 16.6 Å². The predicted molar refractivity (Wildman–Crippen MR) is 69.7 cm³/mol. The van der Waals surface area contributed by atoms with Crippen molar-refractivity contribution in [2.75, 3.05) is 0 Å². The summed E-state index contributed by atoms with van der Waals surface area (Å²) in [5, 5.41) is 0. The van der Waals surface area contributed by atoms with Crippen LogP contribution in [0.1, 0.15) is 50.6 Å². The molecule has 0 bridgehead atoms. The number of nitrogens with two attached hydrogens (primary N) is 1. The van der Waals surface area contributed by atoms with Gasteiger partial charge in [-0.2, -0.15) is 0 Å². The van der Waals surface area contributed by atoms with Crippen LogP contribution < -0.4 is 5.73 Å². The van der Waals surface area contributed by atoms with Crippen LogP contribution in [-0.4, -0.2) is 0 Å². The van der Waals surface area contributed by atoms with Crippen LogP contribution >= 0.6 is 15.9 Å². The summed E-state index contributed by atoms with van der Waals surface area (Å²) in [6, 6.07) is 1.95. The number of halogens is 3. The van der Waals surface area contributed by atoms with Crippen molar-refractivity contribution in [2.45, 2.75) is 45.1 Å². The molecule has 0 saturated heterocycles. The molecule has 0 amide bonds. The zero-order valence-electron chi connectivity index (χ0n) is 9.98. The van der Waals surface area contributed by atoms with E-state index in [0.717, 1.165) is 25.7 Å². The van der Waals surface area contributed by atoms with E-state index in [1.165, 1.54) is 12.1 Å². The first kappa shape index (κ1) is 14.6. The summed E-state index contributed by atoms with van der Waals surface area (Å²) >= 11 is 3.05. The maximum atomic E-state index is 13.6. The molecule has 1 aromatic rings. The fourth-order valence-corrected chi connectivity index (χ4v) is 2.24. The van der Waals surface area contributed by atoms with Gasteiger partial charge in [-0.25, -0.2) is 8.78 Å². The van der Waals surface area contributed by atoms with Gasteiger partial charge in [0.2, 0.25) is 0 Å². The molecule has 0 aliphatic carbocycles. The number of unbranched alkanes of at least 4 members (excludes halogenated alkanes) is 3. The van der Waals surface area contributed by atoms with Crippen LogP contribution in [0, 0.1) is 11.6 Å². The first-order chi connectivity index (χ1) is 8.06. The molecule has 0 heterocycles. The van der Waals surface area contributed by atoms with Gasteiger partial charge in [-0.3, -0.25) is 0 Å². The summed E-state index contributed by atoms with van der Waals surface area (Å²) in [4.78, 5) is 0. The van der Waals surface area contributed by atoms with Gasteiger partial charge in [-0.05, 0) is 18.6 Å². The molecule has 0 radical (unpaired) electrons. The lowest BCUT2D eigenvalue weighted by Gasteiger charge is -2.14. The molecule has 17 heavy (non-hydrogen) atoms. The summed E-state index contributed by atoms with van der Waals surface area (Å²) in [6.45, 7) is 2.12. The Morgan fingerprint density at radius 2 is 1.76 bits per heavy atom. The van der Waals surface area contributed by atoms with Crippen LogP contribution in [-0.2, 0) is 0 Å². The molecule has 0 saturated carbocycles. The first-order valence-electron chi connectivity index (χ1n) is 5.96. The fourth-order valence-electron chi connectivity index (χ4n) is 1.84. The third kappa shape index (κ3) is 4.36. The van der Waals surface area contributed by atoms with Crippen molar-refractivity contribution in [3.8, 4) is 0 Å².